The summed E-state index contributed by atoms with van der Waals surface area (Å²) in [7, 11) is 0. The Bertz CT molecular complexity index is 409. The molecule has 0 unspecified atom stereocenters. The summed E-state index contributed by atoms with van der Waals surface area (Å²) in [5.74, 6) is 0.822. The summed E-state index contributed by atoms with van der Waals surface area (Å²) in [5, 5.41) is 0. The summed E-state index contributed by atoms with van der Waals surface area (Å²) in [5.41, 5.74) is 6.56. The van der Waals surface area contributed by atoms with Crippen LogP contribution < -0.4 is 10.5 Å². The van der Waals surface area contributed by atoms with Gasteiger partial charge in [0.05, 0.1) is 0 Å². The number of primary amides is 1. The van der Waals surface area contributed by atoms with Crippen LogP contribution in [-0.2, 0) is 4.79 Å². The van der Waals surface area contributed by atoms with E-state index in [1.165, 1.54) is 5.56 Å². The molecule has 1 heterocycles. The fraction of sp³-hybridized carbons (Fsp3) is 0.533. The molecule has 1 amide bonds. The minimum absolute atomic E-state index is 0.0641. The molecule has 1 aliphatic heterocycles. The largest absolute Gasteiger partial charge is 0.492 e. The molecule has 0 radical (unpaired) electrons. The van der Waals surface area contributed by atoms with Crippen LogP contribution in [0.4, 0.5) is 0 Å². The van der Waals surface area contributed by atoms with Gasteiger partial charge in [0.1, 0.15) is 12.4 Å². The Morgan fingerprint density at radius 2 is 1.95 bits per heavy atom. The maximum atomic E-state index is 11.1. The van der Waals surface area contributed by atoms with Crippen LogP contribution in [-0.4, -0.2) is 37.0 Å². The van der Waals surface area contributed by atoms with Gasteiger partial charge < -0.3 is 10.5 Å². The highest BCUT2D eigenvalue weighted by Gasteiger charge is 2.22. The second-order valence-corrected chi connectivity index (χ2v) is 5.18. The van der Waals surface area contributed by atoms with Crippen LogP contribution in [0.15, 0.2) is 24.3 Å². The lowest BCUT2D eigenvalue weighted by Gasteiger charge is -2.30. The molecule has 1 aromatic carbocycles. The van der Waals surface area contributed by atoms with Crippen molar-refractivity contribution in [2.45, 2.75) is 19.8 Å². The molecule has 1 fully saturated rings. The van der Waals surface area contributed by atoms with Crippen LogP contribution in [0.25, 0.3) is 0 Å². The molecule has 4 heteroatoms. The van der Waals surface area contributed by atoms with E-state index in [4.69, 9.17) is 10.5 Å². The number of benzene rings is 1. The van der Waals surface area contributed by atoms with Crippen molar-refractivity contribution >= 4 is 5.91 Å². The van der Waals surface area contributed by atoms with Crippen molar-refractivity contribution in [2.75, 3.05) is 26.2 Å². The lowest BCUT2D eigenvalue weighted by atomic mass is 9.96. The van der Waals surface area contributed by atoms with Crippen molar-refractivity contribution in [3.63, 3.8) is 0 Å². The summed E-state index contributed by atoms with van der Waals surface area (Å²) in [6.45, 7) is 5.52. The Morgan fingerprint density at radius 1 is 1.32 bits per heavy atom. The van der Waals surface area contributed by atoms with Crippen molar-refractivity contribution in [1.82, 2.24) is 4.90 Å². The molecule has 0 atom stereocenters. The van der Waals surface area contributed by atoms with E-state index in [1.807, 2.05) is 24.3 Å². The molecule has 2 rings (SSSR count). The second kappa shape index (κ2) is 6.57. The normalized spacial score (nSPS) is 17.3. The van der Waals surface area contributed by atoms with Gasteiger partial charge in [-0.05, 0) is 45.0 Å². The number of nitrogens with two attached hydrogens (primary N) is 1. The molecule has 0 saturated carbocycles. The number of amides is 1. The summed E-state index contributed by atoms with van der Waals surface area (Å²) < 4.78 is 5.70. The van der Waals surface area contributed by atoms with Crippen LogP contribution in [0.5, 0.6) is 5.75 Å². The number of nitrogens with zero attached hydrogens (tertiary/aromatic N) is 1. The molecule has 2 N–H and O–H groups in total. The molecule has 0 aliphatic carbocycles. The molecule has 4 nitrogen and oxygen atoms in total. The third-order valence-electron chi connectivity index (χ3n) is 3.69. The minimum Gasteiger partial charge on any atom is -0.492 e. The van der Waals surface area contributed by atoms with Gasteiger partial charge in [0, 0.05) is 12.5 Å². The fourth-order valence-corrected chi connectivity index (χ4v) is 2.37. The lowest BCUT2D eigenvalue weighted by molar-refractivity contribution is -0.123. The Labute approximate surface area is 114 Å². The monoisotopic (exact) mass is 262 g/mol. The van der Waals surface area contributed by atoms with Gasteiger partial charge in [0.2, 0.25) is 5.91 Å². The van der Waals surface area contributed by atoms with Gasteiger partial charge in [-0.25, -0.2) is 0 Å². The van der Waals surface area contributed by atoms with E-state index >= 15 is 0 Å². The molecule has 0 spiro atoms. The minimum atomic E-state index is -0.157. The quantitative estimate of drug-likeness (QED) is 0.876. The van der Waals surface area contributed by atoms with E-state index in [1.54, 1.807) is 0 Å². The predicted octanol–water partition coefficient (Wildman–Crippen LogP) is 1.57. The van der Waals surface area contributed by atoms with E-state index in [0.717, 1.165) is 38.2 Å². The molecule has 19 heavy (non-hydrogen) atoms. The van der Waals surface area contributed by atoms with Crippen LogP contribution in [0, 0.1) is 12.8 Å². The van der Waals surface area contributed by atoms with Crippen LogP contribution >= 0.6 is 0 Å². The predicted molar refractivity (Wildman–Crippen MR) is 75.0 cm³/mol. The first-order valence-electron chi connectivity index (χ1n) is 6.86. The number of aryl methyl sites for hydroxylation is 1. The third-order valence-corrected chi connectivity index (χ3v) is 3.69. The molecule has 104 valence electrons. The van der Waals surface area contributed by atoms with Gasteiger partial charge >= 0.3 is 0 Å². The summed E-state index contributed by atoms with van der Waals surface area (Å²) in [6, 6.07) is 8.09. The number of hydrogen-bond donors (Lipinski definition) is 1. The van der Waals surface area contributed by atoms with Gasteiger partial charge in [0.25, 0.3) is 0 Å². The van der Waals surface area contributed by atoms with Crippen molar-refractivity contribution in [3.8, 4) is 5.75 Å². The number of piperidine rings is 1. The Kier molecular flexibility index (Phi) is 4.80. The molecular weight excluding hydrogens is 240 g/mol. The summed E-state index contributed by atoms with van der Waals surface area (Å²) >= 11 is 0. The maximum Gasteiger partial charge on any atom is 0.220 e. The Morgan fingerprint density at radius 3 is 2.53 bits per heavy atom. The molecule has 1 aromatic rings. The first-order valence-corrected chi connectivity index (χ1v) is 6.86. The van der Waals surface area contributed by atoms with Crippen LogP contribution in [0.3, 0.4) is 0 Å². The number of carbonyl (C=O) groups is 1. The average molecular weight is 262 g/mol. The van der Waals surface area contributed by atoms with Crippen molar-refractivity contribution in [3.05, 3.63) is 29.8 Å². The zero-order valence-corrected chi connectivity index (χ0v) is 11.5. The van der Waals surface area contributed by atoms with Gasteiger partial charge in [-0.15, -0.1) is 0 Å². The van der Waals surface area contributed by atoms with Crippen LogP contribution in [0.2, 0.25) is 0 Å². The Hall–Kier alpha value is -1.55. The first kappa shape index (κ1) is 13.9. The van der Waals surface area contributed by atoms with Crippen LogP contribution in [0.1, 0.15) is 18.4 Å². The highest BCUT2D eigenvalue weighted by atomic mass is 16.5. The lowest BCUT2D eigenvalue weighted by Crippen LogP contribution is -2.40. The van der Waals surface area contributed by atoms with Crippen molar-refractivity contribution in [1.29, 1.82) is 0 Å². The number of rotatable bonds is 5. The van der Waals surface area contributed by atoms with Gasteiger partial charge in [-0.3, -0.25) is 9.69 Å². The van der Waals surface area contributed by atoms with Gasteiger partial charge in [-0.1, -0.05) is 17.7 Å². The van der Waals surface area contributed by atoms with E-state index < -0.39 is 0 Å². The van der Waals surface area contributed by atoms with E-state index in [9.17, 15) is 4.79 Å². The number of likely N-dealkylation sites (tertiary alicyclic amines) is 1. The van der Waals surface area contributed by atoms with E-state index in [2.05, 4.69) is 11.8 Å². The van der Waals surface area contributed by atoms with Crippen molar-refractivity contribution < 1.29 is 9.53 Å². The number of ether oxygens (including phenoxy) is 1. The van der Waals surface area contributed by atoms with Gasteiger partial charge in [0.15, 0.2) is 0 Å². The Balaban J connectivity index is 1.67. The number of carbonyl (C=O) groups excluding carboxylic acids is 1. The molecule has 1 saturated heterocycles. The molecule has 0 bridgehead atoms. The smallest absolute Gasteiger partial charge is 0.220 e. The SMILES string of the molecule is Cc1ccc(OCCN2CCC(C(N)=O)CC2)cc1. The second-order valence-electron chi connectivity index (χ2n) is 5.18. The average Bonchev–Trinajstić information content (AvgIpc) is 2.41. The van der Waals surface area contributed by atoms with Crippen molar-refractivity contribution in [2.24, 2.45) is 11.7 Å². The zero-order valence-electron chi connectivity index (χ0n) is 11.5. The third kappa shape index (κ3) is 4.24. The zero-order chi connectivity index (χ0) is 13.7. The molecule has 0 aromatic heterocycles. The first-order chi connectivity index (χ1) is 9.15. The molecule has 1 aliphatic rings. The van der Waals surface area contributed by atoms with E-state index in [-0.39, 0.29) is 11.8 Å². The highest BCUT2D eigenvalue weighted by Crippen LogP contribution is 2.16. The fourth-order valence-electron chi connectivity index (χ4n) is 2.37. The number of hydrogen-bond acceptors (Lipinski definition) is 3. The topological polar surface area (TPSA) is 55.6 Å². The van der Waals surface area contributed by atoms with Gasteiger partial charge in [-0.2, -0.15) is 0 Å². The standard InChI is InChI=1S/C15H22N2O2/c1-12-2-4-14(5-3-12)19-11-10-17-8-6-13(7-9-17)15(16)18/h2-5,13H,6-11H2,1H3,(H2,16,18). The maximum absolute atomic E-state index is 11.1. The highest BCUT2D eigenvalue weighted by molar-refractivity contribution is 5.76. The summed E-state index contributed by atoms with van der Waals surface area (Å²) in [4.78, 5) is 13.4. The molecular formula is C15H22N2O2. The summed E-state index contributed by atoms with van der Waals surface area (Å²) in [6.07, 6.45) is 1.75. The van der Waals surface area contributed by atoms with E-state index in [0.29, 0.717) is 6.61 Å².